The summed E-state index contributed by atoms with van der Waals surface area (Å²) in [6.07, 6.45) is 2.19. The Hall–Kier alpha value is -2.97. The van der Waals surface area contributed by atoms with E-state index in [4.69, 9.17) is 0 Å². The van der Waals surface area contributed by atoms with Gasteiger partial charge < -0.3 is 5.32 Å². The predicted octanol–water partition coefficient (Wildman–Crippen LogP) is 8.59. The van der Waals surface area contributed by atoms with Gasteiger partial charge in [0.25, 0.3) is 0 Å². The van der Waals surface area contributed by atoms with Gasteiger partial charge in [0, 0.05) is 28.1 Å². The standard InChI is InChI=1S/C30H31NS/c1-4-23(24-13-7-5-8-14-24)21-26-17-11-12-18-29(26)32-28-20-19-27(31-3)30(22(28)2)25-15-9-6-10-16-25/h5-20,23,31H,4,21H2,1-3H3. The molecule has 4 rings (SSSR count). The maximum Gasteiger partial charge on any atom is 0.0420 e. The highest BCUT2D eigenvalue weighted by Crippen LogP contribution is 2.41. The van der Waals surface area contributed by atoms with Crippen molar-refractivity contribution < 1.29 is 0 Å². The number of rotatable bonds is 8. The first kappa shape index (κ1) is 22.2. The molecule has 0 spiro atoms. The van der Waals surface area contributed by atoms with Crippen LogP contribution in [0, 0.1) is 6.92 Å². The SMILES string of the molecule is CCC(Cc1ccccc1Sc1ccc(NC)c(-c2ccccc2)c1C)c1ccccc1. The van der Waals surface area contributed by atoms with Gasteiger partial charge in [0.1, 0.15) is 0 Å². The Morgan fingerprint density at radius 2 is 1.41 bits per heavy atom. The molecule has 0 saturated carbocycles. The van der Waals surface area contributed by atoms with Crippen molar-refractivity contribution in [1.82, 2.24) is 0 Å². The summed E-state index contributed by atoms with van der Waals surface area (Å²) < 4.78 is 0. The normalized spacial score (nSPS) is 11.8. The van der Waals surface area contributed by atoms with Crippen LogP contribution in [0.1, 0.15) is 36.0 Å². The minimum Gasteiger partial charge on any atom is -0.388 e. The van der Waals surface area contributed by atoms with Gasteiger partial charge in [-0.1, -0.05) is 97.5 Å². The highest BCUT2D eigenvalue weighted by atomic mass is 32.2. The highest BCUT2D eigenvalue weighted by molar-refractivity contribution is 7.99. The fraction of sp³-hybridized carbons (Fsp3) is 0.200. The predicted molar refractivity (Wildman–Crippen MR) is 140 cm³/mol. The summed E-state index contributed by atoms with van der Waals surface area (Å²) in [6, 6.07) is 34.9. The van der Waals surface area contributed by atoms with Gasteiger partial charge >= 0.3 is 0 Å². The molecule has 0 bridgehead atoms. The zero-order valence-electron chi connectivity index (χ0n) is 19.1. The largest absolute Gasteiger partial charge is 0.388 e. The molecule has 0 heterocycles. The zero-order chi connectivity index (χ0) is 22.3. The molecule has 0 aromatic heterocycles. The van der Waals surface area contributed by atoms with Crippen molar-refractivity contribution in [2.45, 2.75) is 42.4 Å². The second kappa shape index (κ2) is 10.6. The first-order valence-corrected chi connectivity index (χ1v) is 12.2. The molecule has 1 N–H and O–H groups in total. The van der Waals surface area contributed by atoms with Crippen molar-refractivity contribution in [3.63, 3.8) is 0 Å². The maximum atomic E-state index is 3.38. The van der Waals surface area contributed by atoms with Crippen LogP contribution in [0.25, 0.3) is 11.1 Å². The van der Waals surface area contributed by atoms with Crippen LogP contribution in [0.15, 0.2) is 107 Å². The van der Waals surface area contributed by atoms with Crippen LogP contribution in [0.4, 0.5) is 5.69 Å². The van der Waals surface area contributed by atoms with Crippen LogP contribution >= 0.6 is 11.8 Å². The van der Waals surface area contributed by atoms with E-state index in [2.05, 4.69) is 116 Å². The van der Waals surface area contributed by atoms with Crippen LogP contribution in [0.2, 0.25) is 0 Å². The van der Waals surface area contributed by atoms with Crippen LogP contribution in [0.5, 0.6) is 0 Å². The molecule has 1 unspecified atom stereocenters. The quantitative estimate of drug-likeness (QED) is 0.296. The number of benzene rings is 4. The van der Waals surface area contributed by atoms with Crippen LogP contribution in [-0.2, 0) is 6.42 Å². The van der Waals surface area contributed by atoms with Gasteiger partial charge in [-0.2, -0.15) is 0 Å². The second-order valence-corrected chi connectivity index (χ2v) is 9.24. The van der Waals surface area contributed by atoms with Crippen LogP contribution in [0.3, 0.4) is 0 Å². The van der Waals surface area contributed by atoms with Crippen LogP contribution in [-0.4, -0.2) is 7.05 Å². The Balaban J connectivity index is 1.67. The van der Waals surface area contributed by atoms with Crippen molar-refractivity contribution in [1.29, 1.82) is 0 Å². The lowest BCUT2D eigenvalue weighted by atomic mass is 9.90. The molecule has 0 amide bonds. The average molecular weight is 438 g/mol. The van der Waals surface area contributed by atoms with Crippen molar-refractivity contribution in [3.8, 4) is 11.1 Å². The topological polar surface area (TPSA) is 12.0 Å². The molecule has 0 radical (unpaired) electrons. The monoisotopic (exact) mass is 437 g/mol. The first-order chi connectivity index (χ1) is 15.7. The van der Waals surface area contributed by atoms with Crippen molar-refractivity contribution >= 4 is 17.4 Å². The summed E-state index contributed by atoms with van der Waals surface area (Å²) in [5.41, 5.74) is 7.87. The molecule has 0 fully saturated rings. The molecule has 0 aliphatic heterocycles. The molecule has 162 valence electrons. The van der Waals surface area contributed by atoms with E-state index >= 15 is 0 Å². The fourth-order valence-electron chi connectivity index (χ4n) is 4.37. The minimum absolute atomic E-state index is 0.533. The molecule has 1 nitrogen and oxygen atoms in total. The Kier molecular flexibility index (Phi) is 7.34. The highest BCUT2D eigenvalue weighted by Gasteiger charge is 2.16. The maximum absolute atomic E-state index is 3.38. The summed E-state index contributed by atoms with van der Waals surface area (Å²) in [4.78, 5) is 2.66. The third-order valence-corrected chi connectivity index (χ3v) is 7.45. The third-order valence-electron chi connectivity index (χ3n) is 6.17. The van der Waals surface area contributed by atoms with Gasteiger partial charge in [-0.05, 0) is 66.1 Å². The molecule has 2 heteroatoms. The van der Waals surface area contributed by atoms with Gasteiger partial charge in [-0.3, -0.25) is 0 Å². The van der Waals surface area contributed by atoms with Crippen molar-refractivity contribution in [2.24, 2.45) is 0 Å². The van der Waals surface area contributed by atoms with Gasteiger partial charge in [-0.15, -0.1) is 0 Å². The summed E-state index contributed by atoms with van der Waals surface area (Å²) >= 11 is 1.89. The van der Waals surface area contributed by atoms with Crippen molar-refractivity contribution in [2.75, 3.05) is 12.4 Å². The molecular weight excluding hydrogens is 406 g/mol. The Morgan fingerprint density at radius 1 is 0.750 bits per heavy atom. The molecular formula is C30H31NS. The number of hydrogen-bond donors (Lipinski definition) is 1. The molecule has 4 aromatic carbocycles. The molecule has 4 aromatic rings. The first-order valence-electron chi connectivity index (χ1n) is 11.4. The summed E-state index contributed by atoms with van der Waals surface area (Å²) in [5, 5.41) is 3.38. The summed E-state index contributed by atoms with van der Waals surface area (Å²) in [7, 11) is 2.00. The Labute approximate surface area is 196 Å². The molecule has 0 aliphatic carbocycles. The molecule has 1 atom stereocenters. The molecule has 0 aliphatic rings. The minimum atomic E-state index is 0.533. The number of nitrogens with one attached hydrogen (secondary N) is 1. The van der Waals surface area contributed by atoms with Gasteiger partial charge in [0.2, 0.25) is 0 Å². The molecule has 32 heavy (non-hydrogen) atoms. The smallest absolute Gasteiger partial charge is 0.0420 e. The Morgan fingerprint density at radius 3 is 2.09 bits per heavy atom. The van der Waals surface area contributed by atoms with Gasteiger partial charge in [0.15, 0.2) is 0 Å². The lowest BCUT2D eigenvalue weighted by Crippen LogP contribution is -2.03. The lowest BCUT2D eigenvalue weighted by molar-refractivity contribution is 0.654. The van der Waals surface area contributed by atoms with Crippen LogP contribution < -0.4 is 5.32 Å². The summed E-state index contributed by atoms with van der Waals surface area (Å²) in [6.45, 7) is 4.53. The van der Waals surface area contributed by atoms with E-state index in [9.17, 15) is 0 Å². The van der Waals surface area contributed by atoms with Crippen molar-refractivity contribution in [3.05, 3.63) is 114 Å². The van der Waals surface area contributed by atoms with E-state index in [-0.39, 0.29) is 0 Å². The zero-order valence-corrected chi connectivity index (χ0v) is 20.0. The Bertz CT molecular complexity index is 1150. The molecule has 0 saturated heterocycles. The summed E-state index contributed by atoms with van der Waals surface area (Å²) in [5.74, 6) is 0.533. The van der Waals surface area contributed by atoms with E-state index < -0.39 is 0 Å². The second-order valence-electron chi connectivity index (χ2n) is 8.16. The van der Waals surface area contributed by atoms with E-state index in [0.29, 0.717) is 5.92 Å². The van der Waals surface area contributed by atoms with E-state index in [1.54, 1.807) is 0 Å². The fourth-order valence-corrected chi connectivity index (χ4v) is 5.42. The lowest BCUT2D eigenvalue weighted by Gasteiger charge is -2.19. The van der Waals surface area contributed by atoms with E-state index in [1.807, 2.05) is 18.8 Å². The number of anilines is 1. The number of hydrogen-bond acceptors (Lipinski definition) is 2. The van der Waals surface area contributed by atoms with Gasteiger partial charge in [0.05, 0.1) is 0 Å². The third kappa shape index (κ3) is 4.92. The average Bonchev–Trinajstić information content (AvgIpc) is 2.85. The van der Waals surface area contributed by atoms with E-state index in [0.717, 1.165) is 12.8 Å². The van der Waals surface area contributed by atoms with Gasteiger partial charge in [-0.25, -0.2) is 0 Å². The van der Waals surface area contributed by atoms with E-state index in [1.165, 1.54) is 43.3 Å².